The van der Waals surface area contributed by atoms with Gasteiger partial charge in [-0.15, -0.1) is 0 Å². The summed E-state index contributed by atoms with van der Waals surface area (Å²) in [5.41, 5.74) is 9.60. The van der Waals surface area contributed by atoms with Crippen LogP contribution in [0.1, 0.15) is 23.1 Å². The number of nitrogens with two attached hydrogens (primary N) is 1. The summed E-state index contributed by atoms with van der Waals surface area (Å²) in [4.78, 5) is 25.7. The van der Waals surface area contributed by atoms with Gasteiger partial charge in [0.05, 0.1) is 0 Å². The van der Waals surface area contributed by atoms with Crippen molar-refractivity contribution in [2.45, 2.75) is 25.8 Å². The van der Waals surface area contributed by atoms with Gasteiger partial charge in [-0.2, -0.15) is 0 Å². The van der Waals surface area contributed by atoms with Crippen LogP contribution in [-0.2, 0) is 29.0 Å². The molecule has 0 radical (unpaired) electrons. The first kappa shape index (κ1) is 17.0. The average molecular weight is 337 g/mol. The van der Waals surface area contributed by atoms with Crippen molar-refractivity contribution in [1.82, 2.24) is 4.90 Å². The quantitative estimate of drug-likeness (QED) is 0.829. The minimum Gasteiger partial charge on any atom is -0.550 e. The number of amides is 1. The van der Waals surface area contributed by atoms with Gasteiger partial charge in [0.1, 0.15) is 0 Å². The van der Waals surface area contributed by atoms with Crippen LogP contribution in [0.15, 0.2) is 48.5 Å². The van der Waals surface area contributed by atoms with Crippen LogP contribution in [0.4, 0.5) is 5.69 Å². The molecule has 130 valence electrons. The fourth-order valence-electron chi connectivity index (χ4n) is 3.34. The minimum atomic E-state index is -1.20. The Morgan fingerprint density at radius 2 is 1.92 bits per heavy atom. The monoisotopic (exact) mass is 337 g/mol. The second kappa shape index (κ2) is 7.38. The number of carboxylic acids is 1. The normalized spacial score (nSPS) is 17.0. The van der Waals surface area contributed by atoms with E-state index in [2.05, 4.69) is 0 Å². The van der Waals surface area contributed by atoms with Crippen molar-refractivity contribution in [2.24, 2.45) is 5.92 Å². The molecule has 25 heavy (non-hydrogen) atoms. The zero-order chi connectivity index (χ0) is 17.8. The zero-order valence-corrected chi connectivity index (χ0v) is 14.0. The highest BCUT2D eigenvalue weighted by Gasteiger charge is 2.29. The highest BCUT2D eigenvalue weighted by atomic mass is 16.4. The summed E-state index contributed by atoms with van der Waals surface area (Å²) in [7, 11) is 0. The summed E-state index contributed by atoms with van der Waals surface area (Å²) in [6.07, 6.45) is 0.846. The van der Waals surface area contributed by atoms with Gasteiger partial charge in [0.25, 0.3) is 0 Å². The second-order valence-corrected chi connectivity index (χ2v) is 6.50. The van der Waals surface area contributed by atoms with Gasteiger partial charge in [-0.05, 0) is 48.1 Å². The summed E-state index contributed by atoms with van der Waals surface area (Å²) in [5.74, 6) is -1.94. The van der Waals surface area contributed by atoms with Crippen LogP contribution in [0.3, 0.4) is 0 Å². The number of hydrogen-bond acceptors (Lipinski definition) is 4. The SMILES string of the molecule is Nc1ccc2c(c1)CC(CC(=O)[O-])C(=O)N(CCc1ccccc1)C2. The van der Waals surface area contributed by atoms with Crippen molar-refractivity contribution in [3.8, 4) is 0 Å². The third kappa shape index (κ3) is 4.18. The highest BCUT2D eigenvalue weighted by Crippen LogP contribution is 2.26. The van der Waals surface area contributed by atoms with E-state index in [1.807, 2.05) is 48.5 Å². The third-order valence-electron chi connectivity index (χ3n) is 4.65. The molecule has 1 aliphatic rings. The minimum absolute atomic E-state index is 0.130. The number of rotatable bonds is 5. The van der Waals surface area contributed by atoms with Crippen LogP contribution < -0.4 is 10.8 Å². The lowest BCUT2D eigenvalue weighted by Crippen LogP contribution is -2.38. The van der Waals surface area contributed by atoms with Crippen LogP contribution in [0.2, 0.25) is 0 Å². The van der Waals surface area contributed by atoms with Gasteiger partial charge in [0.15, 0.2) is 0 Å². The molecule has 1 aliphatic heterocycles. The number of carboxylic acid groups (broad SMARTS) is 1. The Morgan fingerprint density at radius 3 is 2.64 bits per heavy atom. The Balaban J connectivity index is 1.84. The third-order valence-corrected chi connectivity index (χ3v) is 4.65. The summed E-state index contributed by atoms with van der Waals surface area (Å²) in [5, 5.41) is 11.1. The molecule has 0 spiro atoms. The lowest BCUT2D eigenvalue weighted by Gasteiger charge is -2.25. The first-order valence-electron chi connectivity index (χ1n) is 8.43. The summed E-state index contributed by atoms with van der Waals surface area (Å²) in [6, 6.07) is 15.5. The van der Waals surface area contributed by atoms with Crippen LogP contribution in [0.25, 0.3) is 0 Å². The molecule has 0 bridgehead atoms. The van der Waals surface area contributed by atoms with Crippen LogP contribution >= 0.6 is 0 Å². The lowest BCUT2D eigenvalue weighted by molar-refractivity contribution is -0.306. The molecule has 0 saturated heterocycles. The van der Waals surface area contributed by atoms with Gasteiger partial charge >= 0.3 is 0 Å². The van der Waals surface area contributed by atoms with Crippen molar-refractivity contribution < 1.29 is 14.7 Å². The number of carbonyl (C=O) groups is 2. The van der Waals surface area contributed by atoms with E-state index in [1.165, 1.54) is 0 Å². The van der Waals surface area contributed by atoms with Crippen molar-refractivity contribution in [3.63, 3.8) is 0 Å². The van der Waals surface area contributed by atoms with E-state index in [1.54, 1.807) is 4.90 Å². The Hall–Kier alpha value is -2.82. The molecule has 5 heteroatoms. The topological polar surface area (TPSA) is 86.5 Å². The molecule has 2 aromatic carbocycles. The van der Waals surface area contributed by atoms with Gasteiger partial charge in [0, 0.05) is 30.7 Å². The van der Waals surface area contributed by atoms with E-state index in [0.717, 1.165) is 23.1 Å². The Bertz CT molecular complexity index is 774. The molecule has 0 aromatic heterocycles. The zero-order valence-electron chi connectivity index (χ0n) is 14.0. The Morgan fingerprint density at radius 1 is 1.16 bits per heavy atom. The Labute approximate surface area is 147 Å². The number of benzene rings is 2. The van der Waals surface area contributed by atoms with Gasteiger partial charge in [-0.25, -0.2) is 0 Å². The molecular weight excluding hydrogens is 316 g/mol. The molecule has 0 fully saturated rings. The van der Waals surface area contributed by atoms with Crippen LogP contribution in [0, 0.1) is 5.92 Å². The maximum absolute atomic E-state index is 12.9. The van der Waals surface area contributed by atoms with E-state index < -0.39 is 11.9 Å². The predicted octanol–water partition coefficient (Wildman–Crippen LogP) is 1.15. The lowest BCUT2D eigenvalue weighted by atomic mass is 9.94. The molecular formula is C20H21N2O3-. The predicted molar refractivity (Wildman–Crippen MR) is 93.2 cm³/mol. The van der Waals surface area contributed by atoms with Gasteiger partial charge < -0.3 is 20.5 Å². The maximum atomic E-state index is 12.9. The van der Waals surface area contributed by atoms with E-state index in [0.29, 0.717) is 25.2 Å². The molecule has 1 atom stereocenters. The fraction of sp³-hybridized carbons (Fsp3) is 0.300. The molecule has 0 aliphatic carbocycles. The van der Waals surface area contributed by atoms with Gasteiger partial charge in [-0.3, -0.25) is 4.79 Å². The molecule has 0 saturated carbocycles. The van der Waals surface area contributed by atoms with Crippen molar-refractivity contribution >= 4 is 17.6 Å². The standard InChI is InChI=1S/C20H22N2O3/c21-18-7-6-15-13-22(9-8-14-4-2-1-3-5-14)20(25)17(12-19(23)24)10-16(15)11-18/h1-7,11,17H,8-10,12-13,21H2,(H,23,24)/p-1. The van der Waals surface area contributed by atoms with E-state index in [4.69, 9.17) is 5.73 Å². The van der Waals surface area contributed by atoms with Crippen molar-refractivity contribution in [1.29, 1.82) is 0 Å². The number of nitrogens with zero attached hydrogens (tertiary/aromatic N) is 1. The smallest absolute Gasteiger partial charge is 0.226 e. The molecule has 2 aromatic rings. The Kier molecular flexibility index (Phi) is 5.03. The maximum Gasteiger partial charge on any atom is 0.226 e. The molecule has 2 N–H and O–H groups in total. The molecule has 5 nitrogen and oxygen atoms in total. The second-order valence-electron chi connectivity index (χ2n) is 6.50. The average Bonchev–Trinajstić information content (AvgIpc) is 2.71. The first-order valence-corrected chi connectivity index (χ1v) is 8.43. The van der Waals surface area contributed by atoms with Crippen molar-refractivity contribution in [2.75, 3.05) is 12.3 Å². The number of carbonyl (C=O) groups excluding carboxylic acids is 2. The molecule has 1 unspecified atom stereocenters. The molecule has 3 rings (SSSR count). The van der Waals surface area contributed by atoms with Gasteiger partial charge in [-0.1, -0.05) is 36.4 Å². The van der Waals surface area contributed by atoms with Gasteiger partial charge in [0.2, 0.25) is 5.91 Å². The number of aliphatic carboxylic acids is 1. The van der Waals surface area contributed by atoms with E-state index >= 15 is 0 Å². The van der Waals surface area contributed by atoms with Crippen LogP contribution in [-0.4, -0.2) is 23.3 Å². The van der Waals surface area contributed by atoms with Crippen molar-refractivity contribution in [3.05, 3.63) is 65.2 Å². The largest absolute Gasteiger partial charge is 0.550 e. The van der Waals surface area contributed by atoms with E-state index in [9.17, 15) is 14.7 Å². The van der Waals surface area contributed by atoms with E-state index in [-0.39, 0.29) is 12.3 Å². The number of fused-ring (bicyclic) bond motifs is 1. The molecule has 1 amide bonds. The summed E-state index contributed by atoms with van der Waals surface area (Å²) in [6.45, 7) is 1.03. The first-order chi connectivity index (χ1) is 12.0. The fourth-order valence-corrected chi connectivity index (χ4v) is 3.34. The summed E-state index contributed by atoms with van der Waals surface area (Å²) < 4.78 is 0. The summed E-state index contributed by atoms with van der Waals surface area (Å²) >= 11 is 0. The number of nitrogen functional groups attached to an aromatic ring is 1. The number of anilines is 1. The highest BCUT2D eigenvalue weighted by molar-refractivity contribution is 5.84. The van der Waals surface area contributed by atoms with Crippen LogP contribution in [0.5, 0.6) is 0 Å². The molecule has 1 heterocycles. The number of hydrogen-bond donors (Lipinski definition) is 1.